The molecule has 3 aromatic carbocycles. The molecule has 4 heteroatoms. The second-order valence-electron chi connectivity index (χ2n) is 9.23. The molecule has 0 saturated heterocycles. The lowest BCUT2D eigenvalue weighted by atomic mass is 9.85. The Kier molecular flexibility index (Phi) is 8.94. The van der Waals surface area contributed by atoms with Crippen LogP contribution in [-0.4, -0.2) is 23.5 Å². The van der Waals surface area contributed by atoms with Crippen molar-refractivity contribution in [2.75, 3.05) is 13.7 Å². The first-order valence-electron chi connectivity index (χ1n) is 14.0. The zero-order valence-corrected chi connectivity index (χ0v) is 23.4. The predicted octanol–water partition coefficient (Wildman–Crippen LogP) is 8.03. The van der Waals surface area contributed by atoms with Crippen LogP contribution in [0.25, 0.3) is 10.9 Å². The molecule has 4 nitrogen and oxygen atoms in total. The molecule has 0 amide bonds. The highest BCUT2D eigenvalue weighted by Crippen LogP contribution is 2.44. The fourth-order valence-corrected chi connectivity index (χ4v) is 5.51. The Morgan fingerprint density at radius 1 is 0.919 bits per heavy atom. The predicted molar refractivity (Wildman–Crippen MR) is 155 cm³/mol. The van der Waals surface area contributed by atoms with Crippen molar-refractivity contribution in [2.45, 2.75) is 73.1 Å². The molecule has 2 aliphatic rings. The van der Waals surface area contributed by atoms with Gasteiger partial charge >= 0.3 is 0 Å². The third-order valence-electron chi connectivity index (χ3n) is 7.38. The number of fused-ring (bicyclic) bond motifs is 6. The molecule has 196 valence electrons. The Labute approximate surface area is 222 Å². The molecule has 37 heavy (non-hydrogen) atoms. The minimum atomic E-state index is 0.373. The number of nitrogens with zero attached hydrogens (tertiary/aromatic N) is 1. The number of aryl methyl sites for hydroxylation is 1. The fraction of sp³-hybridized carbons (Fsp3) is 0.394. The molecule has 1 atom stereocenters. The summed E-state index contributed by atoms with van der Waals surface area (Å²) in [6.07, 6.45) is 3.11. The molecule has 6 rings (SSSR count). The van der Waals surface area contributed by atoms with Crippen LogP contribution in [0.1, 0.15) is 74.2 Å². The van der Waals surface area contributed by atoms with Gasteiger partial charge in [-0.1, -0.05) is 77.1 Å². The van der Waals surface area contributed by atoms with Gasteiger partial charge in [0.15, 0.2) is 11.5 Å². The van der Waals surface area contributed by atoms with Gasteiger partial charge in [0.25, 0.3) is 0 Å². The molecular formula is C33H42N2O2. The van der Waals surface area contributed by atoms with E-state index in [0.717, 1.165) is 43.9 Å². The molecule has 1 aromatic heterocycles. The highest BCUT2D eigenvalue weighted by atomic mass is 16.5. The SMILES string of the molecule is CC.CC.CCc1ccc(COc2cc3c(cc2OC)CCN2Cc4[nH]c5ccccc5c4CC32)cc1. The van der Waals surface area contributed by atoms with Crippen LogP contribution < -0.4 is 9.47 Å². The maximum absolute atomic E-state index is 6.31. The monoisotopic (exact) mass is 498 g/mol. The van der Waals surface area contributed by atoms with Gasteiger partial charge in [-0.05, 0) is 65.3 Å². The third-order valence-corrected chi connectivity index (χ3v) is 7.38. The highest BCUT2D eigenvalue weighted by molar-refractivity contribution is 5.85. The van der Waals surface area contributed by atoms with Crippen molar-refractivity contribution >= 4 is 10.9 Å². The lowest BCUT2D eigenvalue weighted by Gasteiger charge is -2.40. The highest BCUT2D eigenvalue weighted by Gasteiger charge is 2.34. The number of aromatic nitrogens is 1. The van der Waals surface area contributed by atoms with Crippen molar-refractivity contribution in [3.63, 3.8) is 0 Å². The van der Waals surface area contributed by atoms with Crippen LogP contribution in [0.5, 0.6) is 11.5 Å². The van der Waals surface area contributed by atoms with Gasteiger partial charge in [0.1, 0.15) is 6.61 Å². The van der Waals surface area contributed by atoms with Crippen molar-refractivity contribution < 1.29 is 9.47 Å². The number of hydrogen-bond acceptors (Lipinski definition) is 3. The molecule has 4 aromatic rings. The van der Waals surface area contributed by atoms with E-state index in [1.807, 2.05) is 27.7 Å². The van der Waals surface area contributed by atoms with Gasteiger partial charge in [0, 0.05) is 35.7 Å². The smallest absolute Gasteiger partial charge is 0.162 e. The Morgan fingerprint density at radius 2 is 1.65 bits per heavy atom. The summed E-state index contributed by atoms with van der Waals surface area (Å²) in [7, 11) is 1.73. The average molecular weight is 499 g/mol. The van der Waals surface area contributed by atoms with Gasteiger partial charge in [0.2, 0.25) is 0 Å². The van der Waals surface area contributed by atoms with Gasteiger partial charge in [-0.25, -0.2) is 0 Å². The number of methoxy groups -OCH3 is 1. The molecule has 0 radical (unpaired) electrons. The topological polar surface area (TPSA) is 37.5 Å². The van der Waals surface area contributed by atoms with E-state index >= 15 is 0 Å². The molecule has 0 bridgehead atoms. The molecule has 3 heterocycles. The molecule has 2 aliphatic heterocycles. The van der Waals surface area contributed by atoms with Crippen LogP contribution in [0.3, 0.4) is 0 Å². The minimum Gasteiger partial charge on any atom is -0.493 e. The number of ether oxygens (including phenoxy) is 2. The molecule has 0 fully saturated rings. The van der Waals surface area contributed by atoms with Crippen molar-refractivity contribution in [2.24, 2.45) is 0 Å². The Hall–Kier alpha value is -3.24. The zero-order valence-electron chi connectivity index (χ0n) is 23.4. The summed E-state index contributed by atoms with van der Waals surface area (Å²) in [5.41, 5.74) is 9.38. The van der Waals surface area contributed by atoms with E-state index in [2.05, 4.69) is 77.5 Å². The van der Waals surface area contributed by atoms with E-state index in [1.165, 1.54) is 44.4 Å². The summed E-state index contributed by atoms with van der Waals surface area (Å²) in [4.78, 5) is 6.27. The Bertz CT molecular complexity index is 1310. The summed E-state index contributed by atoms with van der Waals surface area (Å²) in [6, 6.07) is 22.2. The van der Waals surface area contributed by atoms with Crippen LogP contribution in [0.15, 0.2) is 60.7 Å². The van der Waals surface area contributed by atoms with Crippen LogP contribution in [0.2, 0.25) is 0 Å². The summed E-state index contributed by atoms with van der Waals surface area (Å²) < 4.78 is 12.0. The van der Waals surface area contributed by atoms with Crippen molar-refractivity contribution in [1.82, 2.24) is 9.88 Å². The van der Waals surface area contributed by atoms with Crippen molar-refractivity contribution in [3.05, 3.63) is 94.2 Å². The molecule has 0 saturated carbocycles. The number of benzene rings is 3. The third kappa shape index (κ3) is 5.40. The van der Waals surface area contributed by atoms with E-state index in [-0.39, 0.29) is 0 Å². The van der Waals surface area contributed by atoms with E-state index in [1.54, 1.807) is 7.11 Å². The first kappa shape index (κ1) is 26.8. The van der Waals surface area contributed by atoms with Crippen LogP contribution >= 0.6 is 0 Å². The summed E-state index contributed by atoms with van der Waals surface area (Å²) >= 11 is 0. The number of nitrogens with one attached hydrogen (secondary N) is 1. The molecule has 0 aliphatic carbocycles. The van der Waals surface area contributed by atoms with E-state index in [9.17, 15) is 0 Å². The van der Waals surface area contributed by atoms with Gasteiger partial charge in [-0.3, -0.25) is 4.90 Å². The second kappa shape index (κ2) is 12.3. The lowest BCUT2D eigenvalue weighted by molar-refractivity contribution is 0.158. The first-order valence-corrected chi connectivity index (χ1v) is 14.0. The van der Waals surface area contributed by atoms with Crippen LogP contribution in [0.4, 0.5) is 0 Å². The van der Waals surface area contributed by atoms with Crippen molar-refractivity contribution in [3.8, 4) is 11.5 Å². The Balaban J connectivity index is 0.000000765. The molecule has 1 unspecified atom stereocenters. The number of para-hydroxylation sites is 1. The summed E-state index contributed by atoms with van der Waals surface area (Å²) in [5, 5.41) is 1.36. The Morgan fingerprint density at radius 3 is 2.38 bits per heavy atom. The number of aromatic amines is 1. The normalized spacial score (nSPS) is 15.8. The van der Waals surface area contributed by atoms with Gasteiger partial charge in [-0.2, -0.15) is 0 Å². The number of H-pyrrole nitrogens is 1. The van der Waals surface area contributed by atoms with E-state index in [0.29, 0.717) is 12.6 Å². The first-order chi connectivity index (χ1) is 18.2. The van der Waals surface area contributed by atoms with Crippen LogP contribution in [-0.2, 0) is 32.4 Å². The number of rotatable bonds is 5. The fourth-order valence-electron chi connectivity index (χ4n) is 5.51. The largest absolute Gasteiger partial charge is 0.493 e. The summed E-state index contributed by atoms with van der Waals surface area (Å²) in [5.74, 6) is 1.67. The van der Waals surface area contributed by atoms with E-state index in [4.69, 9.17) is 9.47 Å². The maximum atomic E-state index is 6.31. The second-order valence-corrected chi connectivity index (χ2v) is 9.23. The zero-order chi connectivity index (χ0) is 26.4. The van der Waals surface area contributed by atoms with Gasteiger partial charge in [0.05, 0.1) is 7.11 Å². The maximum Gasteiger partial charge on any atom is 0.162 e. The standard InChI is InChI=1S/C29H30N2O2.2C2H6/c1-3-19-8-10-20(11-9-19)18-33-29-16-23-21(14-28(29)32-2)12-13-31-17-26-24(15-27(23)31)22-6-4-5-7-25(22)30-26;2*1-2/h4-11,14,16,27,30H,3,12-13,15,17-18H2,1-2H3;2*1-2H3. The minimum absolute atomic E-state index is 0.373. The molecular weight excluding hydrogens is 456 g/mol. The average Bonchev–Trinajstić information content (AvgIpc) is 3.34. The van der Waals surface area contributed by atoms with Crippen LogP contribution in [0, 0.1) is 0 Å². The molecule has 0 spiro atoms. The van der Waals surface area contributed by atoms with E-state index < -0.39 is 0 Å². The molecule has 1 N–H and O–H groups in total. The van der Waals surface area contributed by atoms with Gasteiger partial charge in [-0.15, -0.1) is 0 Å². The number of hydrogen-bond donors (Lipinski definition) is 1. The lowest BCUT2D eigenvalue weighted by Crippen LogP contribution is -2.39. The van der Waals surface area contributed by atoms with Crippen molar-refractivity contribution in [1.29, 1.82) is 0 Å². The summed E-state index contributed by atoms with van der Waals surface area (Å²) in [6.45, 7) is 12.8. The quantitative estimate of drug-likeness (QED) is 0.303. The van der Waals surface area contributed by atoms with Gasteiger partial charge < -0.3 is 14.5 Å².